The van der Waals surface area contributed by atoms with Crippen molar-refractivity contribution in [2.75, 3.05) is 7.11 Å². The number of nitro groups is 1. The molecule has 0 saturated heterocycles. The van der Waals surface area contributed by atoms with Gasteiger partial charge in [0.25, 0.3) is 5.69 Å². The zero-order valence-corrected chi connectivity index (χ0v) is 9.39. The summed E-state index contributed by atoms with van der Waals surface area (Å²) >= 11 is 0. The molecule has 17 heavy (non-hydrogen) atoms. The average molecular weight is 234 g/mol. The Morgan fingerprint density at radius 3 is 2.65 bits per heavy atom. The number of nitrogens with zero attached hydrogens (tertiary/aromatic N) is 2. The fraction of sp³-hybridized carbons (Fsp3) is 0.273. The number of hydrogen-bond donors (Lipinski definition) is 0. The van der Waals surface area contributed by atoms with Crippen molar-refractivity contribution in [2.45, 2.75) is 13.3 Å². The molecule has 0 aliphatic carbocycles. The molecule has 0 spiro atoms. The van der Waals surface area contributed by atoms with Crippen LogP contribution in [0.25, 0.3) is 0 Å². The number of carbonyl (C=O) groups excluding carboxylic acids is 1. The van der Waals surface area contributed by atoms with E-state index in [-0.39, 0.29) is 16.8 Å². The number of ether oxygens (including phenoxy) is 1. The zero-order valence-electron chi connectivity index (χ0n) is 9.39. The predicted octanol–water partition coefficient (Wildman–Crippen LogP) is 1.82. The maximum absolute atomic E-state index is 11.4. The molecule has 1 rings (SSSR count). The third-order valence-corrected chi connectivity index (χ3v) is 2.34. The Balaban J connectivity index is 3.59. The van der Waals surface area contributed by atoms with Gasteiger partial charge >= 0.3 is 5.97 Å². The second-order valence-electron chi connectivity index (χ2n) is 3.21. The zero-order chi connectivity index (χ0) is 13.0. The molecule has 0 atom stereocenters. The van der Waals surface area contributed by atoms with Crippen LogP contribution in [0, 0.1) is 21.4 Å². The number of methoxy groups -OCH3 is 1. The predicted molar refractivity (Wildman–Crippen MR) is 58.5 cm³/mol. The number of nitriles is 1. The van der Waals surface area contributed by atoms with Crippen molar-refractivity contribution in [3.63, 3.8) is 0 Å². The lowest BCUT2D eigenvalue weighted by Gasteiger charge is -2.05. The highest BCUT2D eigenvalue weighted by Crippen LogP contribution is 2.27. The van der Waals surface area contributed by atoms with Gasteiger partial charge in [-0.15, -0.1) is 0 Å². The summed E-state index contributed by atoms with van der Waals surface area (Å²) in [4.78, 5) is 21.6. The third kappa shape index (κ3) is 2.23. The highest BCUT2D eigenvalue weighted by atomic mass is 16.6. The van der Waals surface area contributed by atoms with E-state index in [2.05, 4.69) is 4.74 Å². The smallest absolute Gasteiger partial charge is 0.339 e. The van der Waals surface area contributed by atoms with E-state index in [9.17, 15) is 14.9 Å². The standard InChI is InChI=1S/C11H10N2O4/c1-3-7-4-5-8(11(14)17-2)9(6-12)10(7)13(15)16/h4-5H,3H2,1-2H3. The fourth-order valence-corrected chi connectivity index (χ4v) is 1.52. The van der Waals surface area contributed by atoms with Crippen LogP contribution in [0.1, 0.15) is 28.4 Å². The van der Waals surface area contributed by atoms with Crippen molar-refractivity contribution >= 4 is 11.7 Å². The van der Waals surface area contributed by atoms with Gasteiger partial charge in [0.15, 0.2) is 0 Å². The molecule has 0 N–H and O–H groups in total. The van der Waals surface area contributed by atoms with Crippen LogP contribution in [0.3, 0.4) is 0 Å². The molecule has 0 aliphatic heterocycles. The Kier molecular flexibility index (Phi) is 3.78. The van der Waals surface area contributed by atoms with Crippen LogP contribution < -0.4 is 0 Å². The van der Waals surface area contributed by atoms with E-state index < -0.39 is 10.9 Å². The number of esters is 1. The third-order valence-electron chi connectivity index (χ3n) is 2.34. The molecule has 0 aromatic heterocycles. The largest absolute Gasteiger partial charge is 0.465 e. The normalized spacial score (nSPS) is 9.47. The Hall–Kier alpha value is -2.42. The number of benzene rings is 1. The minimum Gasteiger partial charge on any atom is -0.465 e. The first kappa shape index (κ1) is 12.6. The lowest BCUT2D eigenvalue weighted by molar-refractivity contribution is -0.385. The molecular weight excluding hydrogens is 224 g/mol. The number of rotatable bonds is 3. The first-order valence-electron chi connectivity index (χ1n) is 4.85. The van der Waals surface area contributed by atoms with Gasteiger partial charge in [-0.3, -0.25) is 10.1 Å². The van der Waals surface area contributed by atoms with E-state index in [1.165, 1.54) is 12.1 Å². The van der Waals surface area contributed by atoms with Gasteiger partial charge in [-0.2, -0.15) is 5.26 Å². The monoisotopic (exact) mass is 234 g/mol. The van der Waals surface area contributed by atoms with Crippen molar-refractivity contribution < 1.29 is 14.5 Å². The molecule has 0 radical (unpaired) electrons. The second kappa shape index (κ2) is 5.07. The maximum Gasteiger partial charge on any atom is 0.339 e. The highest BCUT2D eigenvalue weighted by molar-refractivity contribution is 5.94. The Morgan fingerprint density at radius 2 is 2.24 bits per heavy atom. The molecule has 1 aromatic rings. The summed E-state index contributed by atoms with van der Waals surface area (Å²) in [5.74, 6) is -0.757. The molecule has 1 aromatic carbocycles. The Bertz CT molecular complexity index is 517. The first-order chi connectivity index (χ1) is 8.06. The molecule has 6 heteroatoms. The maximum atomic E-state index is 11.4. The molecule has 0 unspecified atom stereocenters. The Labute approximate surface area is 97.6 Å². The second-order valence-corrected chi connectivity index (χ2v) is 3.21. The Morgan fingerprint density at radius 1 is 1.59 bits per heavy atom. The summed E-state index contributed by atoms with van der Waals surface area (Å²) < 4.78 is 4.47. The molecule has 88 valence electrons. The SMILES string of the molecule is CCc1ccc(C(=O)OC)c(C#N)c1[N+](=O)[O-]. The molecule has 0 amide bonds. The molecule has 0 bridgehead atoms. The van der Waals surface area contributed by atoms with Crippen molar-refractivity contribution in [3.05, 3.63) is 38.9 Å². The van der Waals surface area contributed by atoms with Crippen LogP contribution in [0.2, 0.25) is 0 Å². The van der Waals surface area contributed by atoms with Gasteiger partial charge in [-0.25, -0.2) is 4.79 Å². The quantitative estimate of drug-likeness (QED) is 0.451. The van der Waals surface area contributed by atoms with Crippen LogP contribution >= 0.6 is 0 Å². The number of carbonyl (C=O) groups is 1. The van der Waals surface area contributed by atoms with E-state index in [4.69, 9.17) is 5.26 Å². The molecule has 0 saturated carbocycles. The van der Waals surface area contributed by atoms with Gasteiger partial charge in [0, 0.05) is 5.56 Å². The van der Waals surface area contributed by atoms with Gasteiger partial charge in [0.1, 0.15) is 11.6 Å². The molecule has 6 nitrogen and oxygen atoms in total. The number of aryl methyl sites for hydroxylation is 1. The van der Waals surface area contributed by atoms with Crippen LogP contribution in [0.15, 0.2) is 12.1 Å². The number of hydrogen-bond acceptors (Lipinski definition) is 5. The average Bonchev–Trinajstić information content (AvgIpc) is 2.35. The fourth-order valence-electron chi connectivity index (χ4n) is 1.52. The molecule has 0 fully saturated rings. The van der Waals surface area contributed by atoms with Gasteiger partial charge < -0.3 is 4.74 Å². The van der Waals surface area contributed by atoms with Crippen LogP contribution in [-0.4, -0.2) is 18.0 Å². The minimum atomic E-state index is -0.757. The molecule has 0 heterocycles. The van der Waals surface area contributed by atoms with Crippen molar-refractivity contribution in [3.8, 4) is 6.07 Å². The number of nitro benzene ring substituents is 1. The lowest BCUT2D eigenvalue weighted by Crippen LogP contribution is -2.08. The summed E-state index contributed by atoms with van der Waals surface area (Å²) in [7, 11) is 1.16. The van der Waals surface area contributed by atoms with Crippen molar-refractivity contribution in [1.82, 2.24) is 0 Å². The summed E-state index contributed by atoms with van der Waals surface area (Å²) in [6, 6.07) is 4.53. The van der Waals surface area contributed by atoms with Gasteiger partial charge in [-0.1, -0.05) is 13.0 Å². The summed E-state index contributed by atoms with van der Waals surface area (Å²) in [5.41, 5.74) is -0.239. The van der Waals surface area contributed by atoms with Gasteiger partial charge in [0.2, 0.25) is 0 Å². The van der Waals surface area contributed by atoms with E-state index in [0.717, 1.165) is 7.11 Å². The molecular formula is C11H10N2O4. The van der Waals surface area contributed by atoms with Gasteiger partial charge in [0.05, 0.1) is 17.6 Å². The van der Waals surface area contributed by atoms with E-state index >= 15 is 0 Å². The topological polar surface area (TPSA) is 93.2 Å². The molecule has 0 aliphatic rings. The van der Waals surface area contributed by atoms with Crippen molar-refractivity contribution in [2.24, 2.45) is 0 Å². The summed E-state index contributed by atoms with van der Waals surface area (Å²) in [6.45, 7) is 1.74. The van der Waals surface area contributed by atoms with Crippen LogP contribution in [0.5, 0.6) is 0 Å². The van der Waals surface area contributed by atoms with E-state index in [0.29, 0.717) is 12.0 Å². The highest BCUT2D eigenvalue weighted by Gasteiger charge is 2.25. The lowest BCUT2D eigenvalue weighted by atomic mass is 10.0. The summed E-state index contributed by atoms with van der Waals surface area (Å²) in [6.07, 6.45) is 0.409. The van der Waals surface area contributed by atoms with E-state index in [1.54, 1.807) is 13.0 Å². The van der Waals surface area contributed by atoms with E-state index in [1.807, 2.05) is 0 Å². The first-order valence-corrected chi connectivity index (χ1v) is 4.85. The van der Waals surface area contributed by atoms with Crippen molar-refractivity contribution in [1.29, 1.82) is 5.26 Å². The van der Waals surface area contributed by atoms with Gasteiger partial charge in [-0.05, 0) is 12.5 Å². The summed E-state index contributed by atoms with van der Waals surface area (Å²) in [5, 5.41) is 19.9. The van der Waals surface area contributed by atoms with Crippen LogP contribution in [-0.2, 0) is 11.2 Å². The minimum absolute atomic E-state index is 0.0844. The van der Waals surface area contributed by atoms with Crippen LogP contribution in [0.4, 0.5) is 5.69 Å².